The van der Waals surface area contributed by atoms with Crippen LogP contribution in [0.1, 0.15) is 22.3 Å². The fourth-order valence-corrected chi connectivity index (χ4v) is 9.68. The lowest BCUT2D eigenvalue weighted by Crippen LogP contribution is -2.28. The molecule has 0 radical (unpaired) electrons. The normalized spacial score (nSPS) is 12.6. The number of fused-ring (bicyclic) bond motifs is 6. The summed E-state index contributed by atoms with van der Waals surface area (Å²) in [5.74, 6) is 0.689. The highest BCUT2D eigenvalue weighted by atomic mass is 16.3. The van der Waals surface area contributed by atoms with Crippen LogP contribution in [-0.4, -0.2) is 9.97 Å². The van der Waals surface area contributed by atoms with Gasteiger partial charge in [-0.05, 0) is 92.0 Å². The maximum atomic E-state index is 6.22. The van der Waals surface area contributed by atoms with Gasteiger partial charge in [-0.3, -0.25) is 0 Å². The summed E-state index contributed by atoms with van der Waals surface area (Å²) >= 11 is 0. The van der Waals surface area contributed by atoms with Gasteiger partial charge < -0.3 is 4.42 Å². The van der Waals surface area contributed by atoms with Crippen molar-refractivity contribution in [1.82, 2.24) is 9.97 Å². The van der Waals surface area contributed by atoms with E-state index in [-0.39, 0.29) is 0 Å². The summed E-state index contributed by atoms with van der Waals surface area (Å²) in [6, 6.07) is 82.3. The van der Waals surface area contributed by atoms with Gasteiger partial charge in [0.05, 0.1) is 16.8 Å². The molecular formula is C59H38N2O. The number of nitrogens with zero attached hydrogens (tertiary/aromatic N) is 2. The fourth-order valence-electron chi connectivity index (χ4n) is 9.68. The van der Waals surface area contributed by atoms with E-state index in [2.05, 4.69) is 200 Å². The van der Waals surface area contributed by atoms with Gasteiger partial charge in [0, 0.05) is 27.5 Å². The highest BCUT2D eigenvalue weighted by Gasteiger charge is 2.46. The van der Waals surface area contributed by atoms with Gasteiger partial charge in [0.25, 0.3) is 0 Å². The van der Waals surface area contributed by atoms with Crippen LogP contribution in [0, 0.1) is 0 Å². The number of aromatic nitrogens is 2. The quantitative estimate of drug-likeness (QED) is 0.161. The molecule has 3 nitrogen and oxygen atoms in total. The molecule has 12 rings (SSSR count). The van der Waals surface area contributed by atoms with E-state index in [0.29, 0.717) is 5.82 Å². The zero-order chi connectivity index (χ0) is 41.0. The van der Waals surface area contributed by atoms with Gasteiger partial charge in [-0.2, -0.15) is 0 Å². The Hall–Kier alpha value is -8.14. The second kappa shape index (κ2) is 14.5. The van der Waals surface area contributed by atoms with Gasteiger partial charge in [0.2, 0.25) is 0 Å². The first-order chi connectivity index (χ1) is 30.7. The van der Waals surface area contributed by atoms with Crippen molar-refractivity contribution >= 4 is 21.9 Å². The van der Waals surface area contributed by atoms with E-state index in [1.54, 1.807) is 0 Å². The van der Waals surface area contributed by atoms with Crippen molar-refractivity contribution in [3.63, 3.8) is 0 Å². The molecule has 0 amide bonds. The smallest absolute Gasteiger partial charge is 0.160 e. The molecule has 2 heterocycles. The van der Waals surface area contributed by atoms with E-state index in [1.165, 1.54) is 33.4 Å². The number of hydrogen-bond donors (Lipinski definition) is 0. The van der Waals surface area contributed by atoms with Gasteiger partial charge in [-0.15, -0.1) is 0 Å². The number of benzene rings is 9. The zero-order valence-electron chi connectivity index (χ0n) is 33.7. The zero-order valence-corrected chi connectivity index (χ0v) is 33.7. The summed E-state index contributed by atoms with van der Waals surface area (Å²) in [7, 11) is 0. The molecule has 0 aliphatic heterocycles. The van der Waals surface area contributed by atoms with Crippen LogP contribution in [0.3, 0.4) is 0 Å². The first-order valence-electron chi connectivity index (χ1n) is 21.1. The molecule has 0 spiro atoms. The lowest BCUT2D eigenvalue weighted by molar-refractivity contribution is 0.669. The summed E-state index contributed by atoms with van der Waals surface area (Å²) in [6.07, 6.45) is 0. The van der Waals surface area contributed by atoms with Crippen LogP contribution in [0.5, 0.6) is 0 Å². The Kier molecular flexibility index (Phi) is 8.39. The molecule has 0 N–H and O–H groups in total. The van der Waals surface area contributed by atoms with E-state index in [0.717, 1.165) is 72.3 Å². The van der Waals surface area contributed by atoms with E-state index < -0.39 is 5.41 Å². The first-order valence-corrected chi connectivity index (χ1v) is 21.1. The minimum Gasteiger partial charge on any atom is -0.456 e. The number of para-hydroxylation sites is 1. The predicted molar refractivity (Wildman–Crippen MR) is 254 cm³/mol. The van der Waals surface area contributed by atoms with Crippen LogP contribution in [0.2, 0.25) is 0 Å². The van der Waals surface area contributed by atoms with Crippen molar-refractivity contribution < 1.29 is 4.42 Å². The van der Waals surface area contributed by atoms with Gasteiger partial charge in [-0.1, -0.05) is 194 Å². The minimum absolute atomic E-state index is 0.468. The summed E-state index contributed by atoms with van der Waals surface area (Å²) in [5.41, 5.74) is 18.2. The van der Waals surface area contributed by atoms with Crippen molar-refractivity contribution in [1.29, 1.82) is 0 Å². The van der Waals surface area contributed by atoms with Crippen molar-refractivity contribution in [2.45, 2.75) is 5.41 Å². The van der Waals surface area contributed by atoms with E-state index in [1.807, 2.05) is 30.3 Å². The van der Waals surface area contributed by atoms with Crippen LogP contribution in [0.15, 0.2) is 235 Å². The standard InChI is InChI=1S/C59H38N2O/c1-4-15-41(16-5-1)58-60-54(40-29-27-39(28-30-40)44-32-34-51-50-24-11-13-26-56(50)62-57(51)37-44)38-55(61-58)45-18-14-17-42(35-45)43-31-33-49-48-23-10-12-25-52(48)59(53(49)36-43,46-19-6-2-7-20-46)47-21-8-3-9-22-47/h1-38H. The largest absolute Gasteiger partial charge is 0.456 e. The highest BCUT2D eigenvalue weighted by Crippen LogP contribution is 2.56. The Bertz CT molecular complexity index is 3400. The third-order valence-corrected chi connectivity index (χ3v) is 12.6. The van der Waals surface area contributed by atoms with Crippen LogP contribution in [0.4, 0.5) is 0 Å². The van der Waals surface area contributed by atoms with Crippen LogP contribution < -0.4 is 0 Å². The molecule has 9 aromatic carbocycles. The minimum atomic E-state index is -0.468. The van der Waals surface area contributed by atoms with Gasteiger partial charge >= 0.3 is 0 Å². The molecule has 0 saturated heterocycles. The molecule has 2 aromatic heterocycles. The van der Waals surface area contributed by atoms with Crippen molar-refractivity contribution in [2.75, 3.05) is 0 Å². The second-order valence-electron chi connectivity index (χ2n) is 16.1. The third kappa shape index (κ3) is 5.82. The predicted octanol–water partition coefficient (Wildman–Crippen LogP) is 15.1. The molecule has 62 heavy (non-hydrogen) atoms. The highest BCUT2D eigenvalue weighted by molar-refractivity contribution is 6.06. The molecule has 1 aliphatic carbocycles. The fraction of sp³-hybridized carbons (Fsp3) is 0.0169. The lowest BCUT2D eigenvalue weighted by Gasteiger charge is -2.34. The number of hydrogen-bond acceptors (Lipinski definition) is 3. The second-order valence-corrected chi connectivity index (χ2v) is 16.1. The molecule has 3 heteroatoms. The van der Waals surface area contributed by atoms with Crippen molar-refractivity contribution in [2.24, 2.45) is 0 Å². The SMILES string of the molecule is c1ccc(-c2nc(-c3ccc(-c4ccc5c(c4)oc4ccccc45)cc3)cc(-c3cccc(-c4ccc5c(c4)C(c4ccccc4)(c4ccccc4)c4ccccc4-5)c3)n2)cc1. The average Bonchev–Trinajstić information content (AvgIpc) is 3.88. The van der Waals surface area contributed by atoms with E-state index in [4.69, 9.17) is 14.4 Å². The topological polar surface area (TPSA) is 38.9 Å². The van der Waals surface area contributed by atoms with Crippen LogP contribution in [-0.2, 0) is 5.41 Å². The van der Waals surface area contributed by atoms with E-state index in [9.17, 15) is 0 Å². The molecular weight excluding hydrogens is 753 g/mol. The summed E-state index contributed by atoms with van der Waals surface area (Å²) in [4.78, 5) is 10.4. The molecule has 11 aromatic rings. The average molecular weight is 791 g/mol. The number of rotatable bonds is 7. The monoisotopic (exact) mass is 790 g/mol. The Balaban J connectivity index is 0.953. The Morgan fingerprint density at radius 1 is 0.306 bits per heavy atom. The molecule has 0 unspecified atom stereocenters. The van der Waals surface area contributed by atoms with Crippen molar-refractivity contribution in [3.05, 3.63) is 253 Å². The van der Waals surface area contributed by atoms with Gasteiger partial charge in [-0.25, -0.2) is 9.97 Å². The van der Waals surface area contributed by atoms with E-state index >= 15 is 0 Å². The maximum absolute atomic E-state index is 6.22. The van der Waals surface area contributed by atoms with Crippen molar-refractivity contribution in [3.8, 4) is 67.3 Å². The van der Waals surface area contributed by atoms with Gasteiger partial charge in [0.15, 0.2) is 5.82 Å². The Morgan fingerprint density at radius 3 is 1.61 bits per heavy atom. The summed E-state index contributed by atoms with van der Waals surface area (Å²) < 4.78 is 6.22. The summed E-state index contributed by atoms with van der Waals surface area (Å²) in [5, 5.41) is 2.26. The molecule has 0 saturated carbocycles. The number of furan rings is 1. The molecule has 0 fully saturated rings. The molecule has 0 bridgehead atoms. The van der Waals surface area contributed by atoms with Crippen LogP contribution >= 0.6 is 0 Å². The maximum Gasteiger partial charge on any atom is 0.160 e. The Labute approximate surface area is 360 Å². The lowest BCUT2D eigenvalue weighted by atomic mass is 9.67. The summed E-state index contributed by atoms with van der Waals surface area (Å²) in [6.45, 7) is 0. The Morgan fingerprint density at radius 2 is 0.839 bits per heavy atom. The molecule has 1 aliphatic rings. The first kappa shape index (κ1) is 35.8. The van der Waals surface area contributed by atoms with Crippen LogP contribution in [0.25, 0.3) is 89.2 Å². The third-order valence-electron chi connectivity index (χ3n) is 12.6. The molecule has 0 atom stereocenters. The molecule has 290 valence electrons. The van der Waals surface area contributed by atoms with Gasteiger partial charge in [0.1, 0.15) is 11.2 Å².